The van der Waals surface area contributed by atoms with Crippen LogP contribution in [-0.2, 0) is 9.53 Å². The Kier molecular flexibility index (Phi) is 2.57. The highest BCUT2D eigenvalue weighted by Crippen LogP contribution is 2.67. The van der Waals surface area contributed by atoms with Crippen LogP contribution in [0.15, 0.2) is 24.3 Å². The lowest BCUT2D eigenvalue weighted by Gasteiger charge is -2.36. The van der Waals surface area contributed by atoms with Crippen molar-refractivity contribution in [3.63, 3.8) is 0 Å². The molecule has 7 atom stereocenters. The largest absolute Gasteiger partial charge is 0.494 e. The Labute approximate surface area is 135 Å². The third-order valence-electron chi connectivity index (χ3n) is 6.40. The van der Waals surface area contributed by atoms with E-state index in [1.165, 1.54) is 0 Å². The Morgan fingerprint density at radius 3 is 2.78 bits per heavy atom. The number of carbonyl (C=O) groups excluding carboxylic acids is 1. The summed E-state index contributed by atoms with van der Waals surface area (Å²) in [5.41, 5.74) is 0.223. The van der Waals surface area contributed by atoms with Gasteiger partial charge < -0.3 is 14.6 Å². The van der Waals surface area contributed by atoms with Crippen molar-refractivity contribution in [3.8, 4) is 5.75 Å². The number of carbonyl (C=O) groups is 1. The number of rotatable bonds is 3. The van der Waals surface area contributed by atoms with Gasteiger partial charge in [-0.1, -0.05) is 0 Å². The summed E-state index contributed by atoms with van der Waals surface area (Å²) < 4.78 is 11.8. The highest BCUT2D eigenvalue weighted by molar-refractivity contribution is 6.00. The van der Waals surface area contributed by atoms with Gasteiger partial charge in [0.2, 0.25) is 5.91 Å². The molecule has 0 aromatic heterocycles. The van der Waals surface area contributed by atoms with Gasteiger partial charge in [-0.15, -0.1) is 0 Å². The molecule has 5 rings (SSSR count). The number of ether oxygens (including phenoxy) is 2. The number of fused-ring (bicyclic) bond motifs is 2. The molecule has 2 heterocycles. The van der Waals surface area contributed by atoms with Crippen molar-refractivity contribution in [1.29, 1.82) is 0 Å². The number of anilines is 1. The fraction of sp³-hybridized carbons (Fsp3) is 0.611. The number of aliphatic hydroxyl groups is 1. The topological polar surface area (TPSA) is 59.0 Å². The second kappa shape index (κ2) is 4.28. The third-order valence-corrected chi connectivity index (χ3v) is 6.40. The molecule has 1 aromatic rings. The number of hydrogen-bond acceptors (Lipinski definition) is 4. The molecule has 4 aliphatic rings. The molecule has 0 unspecified atom stereocenters. The van der Waals surface area contributed by atoms with E-state index >= 15 is 0 Å². The van der Waals surface area contributed by atoms with Gasteiger partial charge in [0, 0.05) is 11.6 Å². The quantitative estimate of drug-likeness (QED) is 0.924. The molecule has 2 saturated carbocycles. The van der Waals surface area contributed by atoms with Crippen molar-refractivity contribution < 1.29 is 19.4 Å². The minimum Gasteiger partial charge on any atom is -0.494 e. The van der Waals surface area contributed by atoms with Crippen LogP contribution in [0.1, 0.15) is 20.3 Å². The van der Waals surface area contributed by atoms with Crippen molar-refractivity contribution in [1.82, 2.24) is 0 Å². The molecule has 2 bridgehead atoms. The normalized spacial score (nSPS) is 46.0. The molecule has 5 nitrogen and oxygen atoms in total. The van der Waals surface area contributed by atoms with Gasteiger partial charge in [0.1, 0.15) is 11.5 Å². The summed E-state index contributed by atoms with van der Waals surface area (Å²) in [5.74, 6) is 1.41. The molecule has 2 aliphatic heterocycles. The zero-order valence-corrected chi connectivity index (χ0v) is 13.3. The van der Waals surface area contributed by atoms with Crippen LogP contribution in [0, 0.1) is 23.7 Å². The molecule has 0 spiro atoms. The lowest BCUT2D eigenvalue weighted by atomic mass is 9.77. The first-order chi connectivity index (χ1) is 11.1. The zero-order valence-electron chi connectivity index (χ0n) is 13.3. The maximum absolute atomic E-state index is 13.1. The SMILES string of the molecule is CCOc1ccc(N2C(=O)[C@@H]3[C@H]4C[C@H]5[C@H](O[C@]2(C)[C@@H]53)[C@@H]4O)cc1. The van der Waals surface area contributed by atoms with Gasteiger partial charge in [-0.25, -0.2) is 0 Å². The van der Waals surface area contributed by atoms with Gasteiger partial charge in [-0.05, 0) is 56.4 Å². The van der Waals surface area contributed by atoms with Crippen LogP contribution in [0.4, 0.5) is 5.69 Å². The molecule has 2 aliphatic carbocycles. The summed E-state index contributed by atoms with van der Waals surface area (Å²) in [7, 11) is 0. The van der Waals surface area contributed by atoms with Crippen LogP contribution in [0.3, 0.4) is 0 Å². The molecule has 1 N–H and O–H groups in total. The van der Waals surface area contributed by atoms with E-state index in [-0.39, 0.29) is 29.8 Å². The summed E-state index contributed by atoms with van der Waals surface area (Å²) in [6, 6.07) is 7.64. The average molecular weight is 315 g/mol. The summed E-state index contributed by atoms with van der Waals surface area (Å²) in [6.07, 6.45) is 0.346. The van der Waals surface area contributed by atoms with Crippen LogP contribution in [0.5, 0.6) is 5.75 Å². The second-order valence-corrected chi connectivity index (χ2v) is 7.34. The molecule has 2 saturated heterocycles. The number of benzene rings is 1. The summed E-state index contributed by atoms with van der Waals surface area (Å²) in [4.78, 5) is 14.9. The first-order valence-corrected chi connectivity index (χ1v) is 8.49. The number of amides is 1. The van der Waals surface area contributed by atoms with E-state index in [0.717, 1.165) is 17.9 Å². The molecule has 4 fully saturated rings. The fourth-order valence-corrected chi connectivity index (χ4v) is 5.72. The summed E-state index contributed by atoms with van der Waals surface area (Å²) in [5, 5.41) is 10.4. The van der Waals surface area contributed by atoms with E-state index in [1.807, 2.05) is 43.0 Å². The van der Waals surface area contributed by atoms with Crippen LogP contribution >= 0.6 is 0 Å². The summed E-state index contributed by atoms with van der Waals surface area (Å²) in [6.45, 7) is 4.58. The molecule has 122 valence electrons. The molecule has 0 radical (unpaired) electrons. The first kappa shape index (κ1) is 13.8. The van der Waals surface area contributed by atoms with E-state index in [0.29, 0.717) is 12.5 Å². The standard InChI is InChI=1S/C18H21NO4/c1-3-22-10-6-4-9(5-7-10)19-17(21)13-11-8-12-14(13)18(19,2)23-16(12)15(11)20/h4-7,11-16,20H,3,8H2,1-2H3/t11-,12-,13-,14+,15-,16+,18-/m1/s1. The van der Waals surface area contributed by atoms with Crippen molar-refractivity contribution >= 4 is 11.6 Å². The minimum absolute atomic E-state index is 0.0667. The molecule has 1 amide bonds. The Hall–Kier alpha value is -1.59. The van der Waals surface area contributed by atoms with Crippen molar-refractivity contribution in [2.24, 2.45) is 23.7 Å². The Balaban J connectivity index is 1.55. The van der Waals surface area contributed by atoms with E-state index in [1.54, 1.807) is 0 Å². The second-order valence-electron chi connectivity index (χ2n) is 7.34. The first-order valence-electron chi connectivity index (χ1n) is 8.49. The van der Waals surface area contributed by atoms with E-state index in [4.69, 9.17) is 9.47 Å². The zero-order chi connectivity index (χ0) is 15.9. The number of aliphatic hydroxyl groups excluding tert-OH is 1. The summed E-state index contributed by atoms with van der Waals surface area (Å²) >= 11 is 0. The Morgan fingerprint density at radius 1 is 1.35 bits per heavy atom. The molecular weight excluding hydrogens is 294 g/mol. The van der Waals surface area contributed by atoms with E-state index in [9.17, 15) is 9.90 Å². The van der Waals surface area contributed by atoms with Gasteiger partial charge in [0.15, 0.2) is 0 Å². The molecule has 23 heavy (non-hydrogen) atoms. The van der Waals surface area contributed by atoms with Gasteiger partial charge in [0.25, 0.3) is 0 Å². The highest BCUT2D eigenvalue weighted by Gasteiger charge is 2.77. The van der Waals surface area contributed by atoms with Crippen LogP contribution in [-0.4, -0.2) is 35.6 Å². The lowest BCUT2D eigenvalue weighted by Crippen LogP contribution is -2.49. The predicted octanol–water partition coefficient (Wildman–Crippen LogP) is 1.79. The highest BCUT2D eigenvalue weighted by atomic mass is 16.6. The van der Waals surface area contributed by atoms with Crippen LogP contribution in [0.25, 0.3) is 0 Å². The predicted molar refractivity (Wildman–Crippen MR) is 83.0 cm³/mol. The van der Waals surface area contributed by atoms with Gasteiger partial charge >= 0.3 is 0 Å². The van der Waals surface area contributed by atoms with Crippen LogP contribution in [0.2, 0.25) is 0 Å². The van der Waals surface area contributed by atoms with Crippen LogP contribution < -0.4 is 9.64 Å². The van der Waals surface area contributed by atoms with Gasteiger partial charge in [-0.3, -0.25) is 9.69 Å². The Bertz CT molecular complexity index is 674. The van der Waals surface area contributed by atoms with E-state index in [2.05, 4.69) is 0 Å². The average Bonchev–Trinajstić information content (AvgIpc) is 3.18. The molecule has 1 aromatic carbocycles. The maximum Gasteiger partial charge on any atom is 0.233 e. The monoisotopic (exact) mass is 315 g/mol. The molecular formula is C18H21NO4. The minimum atomic E-state index is -0.629. The van der Waals surface area contributed by atoms with Crippen molar-refractivity contribution in [3.05, 3.63) is 24.3 Å². The fourth-order valence-electron chi connectivity index (χ4n) is 5.72. The number of nitrogens with zero attached hydrogens (tertiary/aromatic N) is 1. The lowest BCUT2D eigenvalue weighted by molar-refractivity contribution is -0.131. The molecule has 5 heteroatoms. The van der Waals surface area contributed by atoms with E-state index < -0.39 is 11.8 Å². The number of hydrogen-bond donors (Lipinski definition) is 1. The van der Waals surface area contributed by atoms with Crippen molar-refractivity contribution in [2.45, 2.75) is 38.2 Å². The maximum atomic E-state index is 13.1. The smallest absolute Gasteiger partial charge is 0.233 e. The van der Waals surface area contributed by atoms with Gasteiger partial charge in [0.05, 0.1) is 24.7 Å². The Morgan fingerprint density at radius 2 is 2.09 bits per heavy atom. The third kappa shape index (κ3) is 1.48. The van der Waals surface area contributed by atoms with Gasteiger partial charge in [-0.2, -0.15) is 0 Å². The van der Waals surface area contributed by atoms with Crippen molar-refractivity contribution in [2.75, 3.05) is 11.5 Å².